The van der Waals surface area contributed by atoms with Crippen molar-refractivity contribution >= 4 is 11.6 Å². The number of halogens is 2. The molecule has 4 heteroatoms. The number of hydrogen-bond acceptors (Lipinski definition) is 2. The third kappa shape index (κ3) is 4.25. The van der Waals surface area contributed by atoms with E-state index in [0.29, 0.717) is 30.2 Å². The first-order chi connectivity index (χ1) is 9.79. The van der Waals surface area contributed by atoms with Gasteiger partial charge in [0.25, 0.3) is 0 Å². The lowest BCUT2D eigenvalue weighted by Crippen LogP contribution is -1.98. The normalized spacial score (nSPS) is 9.70. The van der Waals surface area contributed by atoms with Gasteiger partial charge in [0.1, 0.15) is 18.2 Å². The summed E-state index contributed by atoms with van der Waals surface area (Å²) in [6.45, 7) is 0.365. The molecular formula is C16H13ClFNO. The molecule has 0 N–H and O–H groups in total. The highest BCUT2D eigenvalue weighted by Crippen LogP contribution is 2.20. The molecule has 0 amide bonds. The molecule has 2 nitrogen and oxygen atoms in total. The van der Waals surface area contributed by atoms with E-state index in [2.05, 4.69) is 16.8 Å². The van der Waals surface area contributed by atoms with Gasteiger partial charge in [0.15, 0.2) is 0 Å². The molecule has 0 radical (unpaired) electrons. The summed E-state index contributed by atoms with van der Waals surface area (Å²) in [5.74, 6) is 6.42. The van der Waals surface area contributed by atoms with Crippen LogP contribution in [0.5, 0.6) is 5.75 Å². The number of nitrogens with zero attached hydrogens (tertiary/aromatic N) is 1. The van der Waals surface area contributed by atoms with Crippen molar-refractivity contribution in [3.8, 4) is 17.6 Å². The molecule has 2 aromatic rings. The van der Waals surface area contributed by atoms with Crippen LogP contribution in [0.4, 0.5) is 4.39 Å². The number of hydrogen-bond donors (Lipinski definition) is 0. The lowest BCUT2D eigenvalue weighted by atomic mass is 10.2. The molecule has 1 aromatic carbocycles. The van der Waals surface area contributed by atoms with Crippen molar-refractivity contribution in [1.29, 1.82) is 0 Å². The van der Waals surface area contributed by atoms with Crippen molar-refractivity contribution in [2.45, 2.75) is 13.0 Å². The predicted octanol–water partition coefficient (Wildman–Crippen LogP) is 3.78. The summed E-state index contributed by atoms with van der Waals surface area (Å²) in [4.78, 5) is 4.01. The minimum absolute atomic E-state index is 0.339. The molecule has 1 aromatic heterocycles. The number of rotatable bonds is 4. The molecule has 0 saturated carbocycles. The zero-order chi connectivity index (χ0) is 14.2. The second-order valence-corrected chi connectivity index (χ2v) is 4.41. The standard InChI is InChI=1S/C16H13ClFNO/c17-8-2-1-5-14-10-15(18)6-7-16(14)20-12-13-4-3-9-19-11-13/h3-4,6-7,9-11H,2,8,12H2. The van der Waals surface area contributed by atoms with E-state index in [4.69, 9.17) is 16.3 Å². The molecule has 0 atom stereocenters. The Morgan fingerprint density at radius 3 is 2.95 bits per heavy atom. The molecule has 0 fully saturated rings. The molecule has 0 aliphatic rings. The molecule has 0 aliphatic heterocycles. The van der Waals surface area contributed by atoms with E-state index in [1.165, 1.54) is 12.1 Å². The zero-order valence-corrected chi connectivity index (χ0v) is 11.5. The van der Waals surface area contributed by atoms with Crippen LogP contribution in [-0.2, 0) is 6.61 Å². The molecule has 102 valence electrons. The lowest BCUT2D eigenvalue weighted by molar-refractivity contribution is 0.304. The Labute approximate surface area is 122 Å². The van der Waals surface area contributed by atoms with E-state index >= 15 is 0 Å². The van der Waals surface area contributed by atoms with E-state index in [0.717, 1.165) is 5.56 Å². The van der Waals surface area contributed by atoms with Crippen LogP contribution in [0.25, 0.3) is 0 Å². The Morgan fingerprint density at radius 2 is 2.20 bits per heavy atom. The Balaban J connectivity index is 2.13. The van der Waals surface area contributed by atoms with Gasteiger partial charge < -0.3 is 4.74 Å². The van der Waals surface area contributed by atoms with E-state index in [-0.39, 0.29) is 5.82 Å². The van der Waals surface area contributed by atoms with Gasteiger partial charge in [-0.15, -0.1) is 11.6 Å². The van der Waals surface area contributed by atoms with Gasteiger partial charge in [0.05, 0.1) is 5.56 Å². The van der Waals surface area contributed by atoms with Crippen LogP contribution in [-0.4, -0.2) is 10.9 Å². The molecule has 0 bridgehead atoms. The third-order valence-corrected chi connectivity index (χ3v) is 2.69. The van der Waals surface area contributed by atoms with Crippen molar-refractivity contribution in [3.63, 3.8) is 0 Å². The highest BCUT2D eigenvalue weighted by molar-refractivity contribution is 6.18. The maximum absolute atomic E-state index is 13.3. The fourth-order valence-electron chi connectivity index (χ4n) is 1.58. The van der Waals surface area contributed by atoms with Crippen LogP contribution < -0.4 is 4.74 Å². The van der Waals surface area contributed by atoms with Gasteiger partial charge in [-0.25, -0.2) is 4.39 Å². The average Bonchev–Trinajstić information content (AvgIpc) is 2.48. The van der Waals surface area contributed by atoms with Gasteiger partial charge in [-0.05, 0) is 24.3 Å². The maximum atomic E-state index is 13.3. The highest BCUT2D eigenvalue weighted by Gasteiger charge is 2.04. The summed E-state index contributed by atoms with van der Waals surface area (Å²) < 4.78 is 18.9. The van der Waals surface area contributed by atoms with Gasteiger partial charge in [-0.2, -0.15) is 0 Å². The average molecular weight is 290 g/mol. The van der Waals surface area contributed by atoms with Crippen molar-refractivity contribution in [2.75, 3.05) is 5.88 Å². The Hall–Kier alpha value is -2.05. The van der Waals surface area contributed by atoms with Crippen LogP contribution >= 0.6 is 11.6 Å². The number of alkyl halides is 1. The summed E-state index contributed by atoms with van der Waals surface area (Å²) in [6.07, 6.45) is 3.98. The highest BCUT2D eigenvalue weighted by atomic mass is 35.5. The zero-order valence-electron chi connectivity index (χ0n) is 10.8. The van der Waals surface area contributed by atoms with E-state index < -0.39 is 0 Å². The Morgan fingerprint density at radius 1 is 1.30 bits per heavy atom. The van der Waals surface area contributed by atoms with E-state index in [9.17, 15) is 4.39 Å². The van der Waals surface area contributed by atoms with Gasteiger partial charge >= 0.3 is 0 Å². The number of aromatic nitrogens is 1. The largest absolute Gasteiger partial charge is 0.488 e. The van der Waals surface area contributed by atoms with Crippen molar-refractivity contribution in [3.05, 3.63) is 59.7 Å². The molecule has 20 heavy (non-hydrogen) atoms. The second-order valence-electron chi connectivity index (χ2n) is 4.03. The lowest BCUT2D eigenvalue weighted by Gasteiger charge is -2.08. The molecule has 0 spiro atoms. The smallest absolute Gasteiger partial charge is 0.135 e. The van der Waals surface area contributed by atoms with Gasteiger partial charge in [0.2, 0.25) is 0 Å². The summed E-state index contributed by atoms with van der Waals surface area (Å²) in [6, 6.07) is 8.04. The molecule has 0 saturated heterocycles. The van der Waals surface area contributed by atoms with E-state index in [1.807, 2.05) is 12.1 Å². The third-order valence-electron chi connectivity index (χ3n) is 2.50. The first-order valence-corrected chi connectivity index (χ1v) is 6.69. The van der Waals surface area contributed by atoms with Crippen molar-refractivity contribution in [2.24, 2.45) is 0 Å². The summed E-state index contributed by atoms with van der Waals surface area (Å²) in [5, 5.41) is 0. The molecule has 1 heterocycles. The second kappa shape index (κ2) is 7.52. The molecule has 0 aliphatic carbocycles. The van der Waals surface area contributed by atoms with Crippen LogP contribution in [0.15, 0.2) is 42.7 Å². The van der Waals surface area contributed by atoms with Gasteiger partial charge in [-0.3, -0.25) is 4.98 Å². The summed E-state index contributed by atoms with van der Waals surface area (Å²) >= 11 is 5.57. The SMILES string of the molecule is Fc1ccc(OCc2cccnc2)c(C#CCCCl)c1. The number of benzene rings is 1. The molecular weight excluding hydrogens is 277 g/mol. The topological polar surface area (TPSA) is 22.1 Å². The monoisotopic (exact) mass is 289 g/mol. The first-order valence-electron chi connectivity index (χ1n) is 6.15. The van der Waals surface area contributed by atoms with Crippen molar-refractivity contribution < 1.29 is 9.13 Å². The first kappa shape index (κ1) is 14.4. The van der Waals surface area contributed by atoms with Gasteiger partial charge in [-0.1, -0.05) is 17.9 Å². The van der Waals surface area contributed by atoms with Crippen LogP contribution in [0, 0.1) is 17.7 Å². The summed E-state index contributed by atoms with van der Waals surface area (Å²) in [7, 11) is 0. The molecule has 0 unspecified atom stereocenters. The predicted molar refractivity (Wildman–Crippen MR) is 77.2 cm³/mol. The maximum Gasteiger partial charge on any atom is 0.135 e. The fourth-order valence-corrected chi connectivity index (χ4v) is 1.67. The fraction of sp³-hybridized carbons (Fsp3) is 0.188. The Kier molecular flexibility index (Phi) is 5.40. The Bertz CT molecular complexity index is 619. The minimum atomic E-state index is -0.339. The van der Waals surface area contributed by atoms with Gasteiger partial charge in [0, 0.05) is 30.3 Å². The number of pyridine rings is 1. The van der Waals surface area contributed by atoms with Crippen LogP contribution in [0.2, 0.25) is 0 Å². The van der Waals surface area contributed by atoms with Crippen molar-refractivity contribution in [1.82, 2.24) is 4.98 Å². The number of ether oxygens (including phenoxy) is 1. The van der Waals surface area contributed by atoms with Crippen LogP contribution in [0.1, 0.15) is 17.5 Å². The quantitative estimate of drug-likeness (QED) is 0.631. The molecule has 2 rings (SSSR count). The van der Waals surface area contributed by atoms with E-state index in [1.54, 1.807) is 18.5 Å². The minimum Gasteiger partial charge on any atom is -0.488 e. The summed E-state index contributed by atoms with van der Waals surface area (Å²) in [5.41, 5.74) is 1.47. The van der Waals surface area contributed by atoms with Crippen LogP contribution in [0.3, 0.4) is 0 Å².